The minimum Gasteiger partial charge on any atom is -0.495 e. The quantitative estimate of drug-likeness (QED) is 0.343. The van der Waals surface area contributed by atoms with E-state index in [9.17, 15) is 4.57 Å². The van der Waals surface area contributed by atoms with Crippen LogP contribution in [0.15, 0.2) is 46.4 Å². The minimum absolute atomic E-state index is 0.528. The highest BCUT2D eigenvalue weighted by atomic mass is 35.5. The van der Waals surface area contributed by atoms with Crippen LogP contribution in [0.4, 0.5) is 17.1 Å². The molecule has 0 aliphatic carbocycles. The van der Waals surface area contributed by atoms with Crippen LogP contribution in [0.1, 0.15) is 12.8 Å². The fraction of sp³-hybridized carbons (Fsp3) is 0.517. The number of methoxy groups -OCH3 is 2. The Kier molecular flexibility index (Phi) is 9.44. The molecule has 2 aromatic carbocycles. The third-order valence-corrected chi connectivity index (χ3v) is 9.65. The summed E-state index contributed by atoms with van der Waals surface area (Å²) in [6.07, 6.45) is 3.36. The smallest absolute Gasteiger partial charge is 0.215 e. The number of ether oxygens (including phenoxy) is 3. The highest BCUT2D eigenvalue weighted by Gasteiger charge is 2.27. The lowest BCUT2D eigenvalue weighted by Crippen LogP contribution is -2.49. The zero-order valence-electron chi connectivity index (χ0n) is 24.2. The van der Waals surface area contributed by atoms with E-state index in [0.29, 0.717) is 23.3 Å². The summed E-state index contributed by atoms with van der Waals surface area (Å²) in [6, 6.07) is 12.3. The van der Waals surface area contributed by atoms with E-state index in [-0.39, 0.29) is 0 Å². The van der Waals surface area contributed by atoms with Crippen LogP contribution in [-0.2, 0) is 9.30 Å². The van der Waals surface area contributed by atoms with Crippen LogP contribution >= 0.6 is 18.7 Å². The van der Waals surface area contributed by atoms with Crippen LogP contribution in [-0.4, -0.2) is 102 Å². The Hall–Kier alpha value is -2.78. The van der Waals surface area contributed by atoms with Crippen molar-refractivity contribution in [2.45, 2.75) is 30.6 Å². The van der Waals surface area contributed by atoms with Crippen molar-refractivity contribution in [1.29, 1.82) is 0 Å². The van der Waals surface area contributed by atoms with Gasteiger partial charge in [-0.1, -0.05) is 0 Å². The maximum atomic E-state index is 12.5. The van der Waals surface area contributed by atoms with Gasteiger partial charge in [0.15, 0.2) is 0 Å². The second-order valence-corrected chi connectivity index (χ2v) is 14.5. The van der Waals surface area contributed by atoms with E-state index in [1.54, 1.807) is 39.8 Å². The molecule has 2 aromatic rings. The number of anilines is 3. The maximum absolute atomic E-state index is 12.5. The Morgan fingerprint density at radius 3 is 2.34 bits per heavy atom. The molecule has 10 nitrogen and oxygen atoms in total. The zero-order valence-corrected chi connectivity index (χ0v) is 25.8. The number of benzene rings is 2. The molecule has 222 valence electrons. The van der Waals surface area contributed by atoms with Gasteiger partial charge in [-0.3, -0.25) is 4.90 Å². The number of hydrogen-bond donors (Lipinski definition) is 2. The third-order valence-electron chi connectivity index (χ3n) is 7.81. The van der Waals surface area contributed by atoms with Crippen LogP contribution in [0.3, 0.4) is 0 Å². The normalized spacial score (nSPS) is 22.3. The number of aliphatic imine (C=N–C) groups is 2. The van der Waals surface area contributed by atoms with E-state index in [4.69, 9.17) is 30.8 Å². The topological polar surface area (TPSA) is 100 Å². The van der Waals surface area contributed by atoms with E-state index < -0.39 is 18.8 Å². The largest absolute Gasteiger partial charge is 0.495 e. The van der Waals surface area contributed by atoms with Crippen molar-refractivity contribution in [3.8, 4) is 11.5 Å². The van der Waals surface area contributed by atoms with E-state index in [1.165, 1.54) is 0 Å². The van der Waals surface area contributed by atoms with Crippen molar-refractivity contribution in [2.24, 2.45) is 9.98 Å². The highest BCUT2D eigenvalue weighted by molar-refractivity contribution is 7.70. The Morgan fingerprint density at radius 2 is 1.66 bits per heavy atom. The molecule has 12 heteroatoms. The lowest BCUT2D eigenvalue weighted by molar-refractivity contribution is 0.0115. The average molecular weight is 603 g/mol. The number of rotatable bonds is 8. The third kappa shape index (κ3) is 7.17. The Labute approximate surface area is 247 Å². The number of halogens is 1. The summed E-state index contributed by atoms with van der Waals surface area (Å²) < 4.78 is 29.4. The van der Waals surface area contributed by atoms with Crippen LogP contribution in [0, 0.1) is 0 Å². The predicted octanol–water partition coefficient (Wildman–Crippen LogP) is 4.15. The summed E-state index contributed by atoms with van der Waals surface area (Å²) in [6.45, 7) is 9.25. The fourth-order valence-corrected chi connectivity index (χ4v) is 6.50. The van der Waals surface area contributed by atoms with Crippen LogP contribution < -0.4 is 30.3 Å². The van der Waals surface area contributed by atoms with Gasteiger partial charge in [-0.25, -0.2) is 9.98 Å². The average Bonchev–Trinajstić information content (AvgIpc) is 2.99. The lowest BCUT2D eigenvalue weighted by atomic mass is 10.0. The van der Waals surface area contributed by atoms with Crippen molar-refractivity contribution < 1.29 is 18.8 Å². The number of amidine groups is 1. The summed E-state index contributed by atoms with van der Waals surface area (Å²) in [5.41, 5.74) is 2.62. The first-order valence-corrected chi connectivity index (χ1v) is 17.1. The molecular weight excluding hydrogens is 563 g/mol. The maximum Gasteiger partial charge on any atom is 0.215 e. The molecule has 3 aliphatic rings. The van der Waals surface area contributed by atoms with Gasteiger partial charge in [0.25, 0.3) is 0 Å². The number of nitrogens with zero attached hydrogens (tertiary/aromatic N) is 4. The standard InChI is InChI=1S/C29H40ClN6O4P/c1-38-26-17-21(35-11-9-20(10-12-35)36-13-15-40-16-14-36)5-7-25(26)33-29-31-19-23(30)28(34-29)32-24-8-6-22(41(3,4)37)18-27(24)39-2/h5-8,17-20,23,29,33H,9-16H2,1-4H3,(H,32,34). The van der Waals surface area contributed by atoms with Crippen molar-refractivity contribution in [3.05, 3.63) is 36.4 Å². The summed E-state index contributed by atoms with van der Waals surface area (Å²) in [5.74, 6) is 1.82. The number of morpholine rings is 1. The second kappa shape index (κ2) is 13.0. The van der Waals surface area contributed by atoms with Gasteiger partial charge in [0.05, 0.1) is 38.8 Å². The first-order valence-electron chi connectivity index (χ1n) is 14.0. The molecule has 3 aliphatic heterocycles. The number of alkyl halides is 1. The molecule has 41 heavy (non-hydrogen) atoms. The number of hydrogen-bond acceptors (Lipinski definition) is 10. The van der Waals surface area contributed by atoms with Gasteiger partial charge in [0.1, 0.15) is 29.9 Å². The molecule has 0 spiro atoms. The molecule has 3 heterocycles. The molecule has 2 saturated heterocycles. The second-order valence-electron chi connectivity index (χ2n) is 10.8. The highest BCUT2D eigenvalue weighted by Crippen LogP contribution is 2.38. The van der Waals surface area contributed by atoms with Crippen molar-refractivity contribution in [1.82, 2.24) is 4.90 Å². The summed E-state index contributed by atoms with van der Waals surface area (Å²) in [5, 5.41) is 6.84. The van der Waals surface area contributed by atoms with Crippen LogP contribution in [0.2, 0.25) is 0 Å². The van der Waals surface area contributed by atoms with Gasteiger partial charge >= 0.3 is 0 Å². The number of nitrogens with one attached hydrogen (secondary N) is 2. The van der Waals surface area contributed by atoms with Gasteiger partial charge in [0.2, 0.25) is 6.29 Å². The van der Waals surface area contributed by atoms with Crippen LogP contribution in [0.5, 0.6) is 11.5 Å². The van der Waals surface area contributed by atoms with Crippen molar-refractivity contribution in [3.63, 3.8) is 0 Å². The summed E-state index contributed by atoms with van der Waals surface area (Å²) in [4.78, 5) is 14.2. The summed E-state index contributed by atoms with van der Waals surface area (Å²) in [7, 11) is 0.823. The molecule has 0 saturated carbocycles. The first kappa shape index (κ1) is 29.7. The van der Waals surface area contributed by atoms with Crippen molar-refractivity contribution in [2.75, 3.05) is 82.5 Å². The Morgan fingerprint density at radius 1 is 0.976 bits per heavy atom. The van der Waals surface area contributed by atoms with Gasteiger partial charge in [-0.15, -0.1) is 11.6 Å². The monoisotopic (exact) mass is 602 g/mol. The lowest BCUT2D eigenvalue weighted by Gasteiger charge is -2.41. The molecule has 0 bridgehead atoms. The van der Waals surface area contributed by atoms with Gasteiger partial charge < -0.3 is 34.3 Å². The molecule has 0 amide bonds. The molecule has 0 aromatic heterocycles. The molecular formula is C29H40ClN6O4P. The first-order chi connectivity index (χ1) is 19.7. The van der Waals surface area contributed by atoms with E-state index in [2.05, 4.69) is 37.6 Å². The molecule has 2 atom stereocenters. The van der Waals surface area contributed by atoms with Gasteiger partial charge in [-0.05, 0) is 56.5 Å². The fourth-order valence-electron chi connectivity index (χ4n) is 5.46. The van der Waals surface area contributed by atoms with E-state index in [1.807, 2.05) is 18.2 Å². The molecule has 2 unspecified atom stereocenters. The zero-order chi connectivity index (χ0) is 29.0. The summed E-state index contributed by atoms with van der Waals surface area (Å²) >= 11 is 6.53. The molecule has 2 fully saturated rings. The van der Waals surface area contributed by atoms with E-state index >= 15 is 0 Å². The van der Waals surface area contributed by atoms with Crippen LogP contribution in [0.25, 0.3) is 0 Å². The van der Waals surface area contributed by atoms with Gasteiger partial charge in [0, 0.05) is 55.5 Å². The number of piperidine rings is 1. The SMILES string of the molecule is COc1cc(P(C)(C)=O)ccc1NC1=NC(Nc2ccc(N3CCC(N4CCOCC4)CC3)cc2OC)N=CC1Cl. The molecule has 2 N–H and O–H groups in total. The van der Waals surface area contributed by atoms with Crippen molar-refractivity contribution >= 4 is 53.2 Å². The molecule has 5 rings (SSSR count). The minimum atomic E-state index is -2.43. The Balaban J connectivity index is 1.25. The Bertz CT molecular complexity index is 1320. The van der Waals surface area contributed by atoms with E-state index in [0.717, 1.165) is 74.7 Å². The predicted molar refractivity (Wildman–Crippen MR) is 169 cm³/mol. The van der Waals surface area contributed by atoms with Gasteiger partial charge in [-0.2, -0.15) is 0 Å². The molecule has 0 radical (unpaired) electrons.